The summed E-state index contributed by atoms with van der Waals surface area (Å²) in [5.74, 6) is 0.133. The third-order valence-electron chi connectivity index (χ3n) is 5.69. The van der Waals surface area contributed by atoms with Gasteiger partial charge >= 0.3 is 6.03 Å². The van der Waals surface area contributed by atoms with Gasteiger partial charge in [-0.1, -0.05) is 17.7 Å². The van der Waals surface area contributed by atoms with Crippen LogP contribution in [0.2, 0.25) is 0 Å². The fraction of sp³-hybridized carbons (Fsp3) is 0.500. The van der Waals surface area contributed by atoms with Gasteiger partial charge in [-0.2, -0.15) is 0 Å². The van der Waals surface area contributed by atoms with Crippen LogP contribution in [0.3, 0.4) is 0 Å². The van der Waals surface area contributed by atoms with Crippen molar-refractivity contribution in [3.8, 4) is 11.5 Å². The van der Waals surface area contributed by atoms with Gasteiger partial charge in [0.05, 0.1) is 14.2 Å². The van der Waals surface area contributed by atoms with E-state index in [1.54, 1.807) is 25.1 Å². The third-order valence-corrected chi connectivity index (χ3v) is 5.69. The van der Waals surface area contributed by atoms with Gasteiger partial charge in [0.2, 0.25) is 5.91 Å². The Balaban J connectivity index is 1.63. The second-order valence-electron chi connectivity index (χ2n) is 7.72. The van der Waals surface area contributed by atoms with E-state index in [0.29, 0.717) is 23.6 Å². The summed E-state index contributed by atoms with van der Waals surface area (Å²) in [5, 5.41) is 5.51. The van der Waals surface area contributed by atoms with Crippen molar-refractivity contribution in [1.29, 1.82) is 0 Å². The molecule has 2 N–H and O–H groups in total. The van der Waals surface area contributed by atoms with Crippen LogP contribution in [0.1, 0.15) is 44.6 Å². The topological polar surface area (TPSA) is 97.0 Å². The number of carbonyl (C=O) groups is 3. The maximum absolute atomic E-state index is 13.0. The van der Waals surface area contributed by atoms with Crippen LogP contribution in [0.25, 0.3) is 0 Å². The van der Waals surface area contributed by atoms with Crippen LogP contribution in [0.4, 0.5) is 4.79 Å². The number of nitrogens with zero attached hydrogens (tertiary/aromatic N) is 1. The first kappa shape index (κ1) is 21.7. The quantitative estimate of drug-likeness (QED) is 0.502. The summed E-state index contributed by atoms with van der Waals surface area (Å²) < 4.78 is 10.5. The minimum atomic E-state index is -1.29. The fourth-order valence-corrected chi connectivity index (χ4v) is 3.88. The number of methoxy groups -OCH3 is 2. The van der Waals surface area contributed by atoms with E-state index in [4.69, 9.17) is 9.47 Å². The Morgan fingerprint density at radius 2 is 1.97 bits per heavy atom. The first-order valence-corrected chi connectivity index (χ1v) is 10.2. The van der Waals surface area contributed by atoms with Crippen LogP contribution in [-0.4, -0.2) is 50.1 Å². The minimum absolute atomic E-state index is 0.313. The molecule has 1 heterocycles. The van der Waals surface area contributed by atoms with Crippen molar-refractivity contribution >= 4 is 17.8 Å². The zero-order valence-electron chi connectivity index (χ0n) is 17.7. The van der Waals surface area contributed by atoms with Crippen molar-refractivity contribution in [3.05, 3.63) is 35.4 Å². The molecule has 1 aromatic carbocycles. The Morgan fingerprint density at radius 1 is 1.20 bits per heavy atom. The van der Waals surface area contributed by atoms with E-state index >= 15 is 0 Å². The summed E-state index contributed by atoms with van der Waals surface area (Å²) in [5.41, 5.74) is 0.618. The number of hydrogen-bond donors (Lipinski definition) is 2. The highest BCUT2D eigenvalue weighted by atomic mass is 16.5. The molecule has 0 saturated carbocycles. The number of benzene rings is 1. The van der Waals surface area contributed by atoms with Crippen molar-refractivity contribution in [1.82, 2.24) is 15.5 Å². The standard InChI is InChI=1S/C22H29N3O5/c1-22(16-9-10-17(29-2)18(13-16)30-3)20(27)25(21(28)24-22)14-19(26)23-12-11-15-7-5-4-6-8-15/h7,9-10,13H,4-6,8,11-12,14H2,1-3H3,(H,23,26)(H,24,28)/t22-/m1/s1. The first-order chi connectivity index (χ1) is 14.4. The second-order valence-corrected chi connectivity index (χ2v) is 7.72. The zero-order valence-corrected chi connectivity index (χ0v) is 17.7. The van der Waals surface area contributed by atoms with Gasteiger partial charge in [0, 0.05) is 6.54 Å². The van der Waals surface area contributed by atoms with Crippen molar-refractivity contribution < 1.29 is 23.9 Å². The van der Waals surface area contributed by atoms with Crippen molar-refractivity contribution in [2.45, 2.75) is 44.6 Å². The molecular formula is C22H29N3O5. The van der Waals surface area contributed by atoms with E-state index in [-0.39, 0.29) is 12.5 Å². The summed E-state index contributed by atoms with van der Waals surface area (Å²) in [6.45, 7) is 1.80. The number of hydrogen-bond acceptors (Lipinski definition) is 5. The lowest BCUT2D eigenvalue weighted by molar-refractivity contribution is -0.134. The number of rotatable bonds is 8. The molecule has 0 bridgehead atoms. The number of urea groups is 1. The highest BCUT2D eigenvalue weighted by molar-refractivity contribution is 6.09. The normalized spacial score (nSPS) is 21.2. The molecule has 1 fully saturated rings. The number of imide groups is 1. The van der Waals surface area contributed by atoms with Gasteiger partial charge < -0.3 is 20.1 Å². The highest BCUT2D eigenvalue weighted by Gasteiger charge is 2.49. The summed E-state index contributed by atoms with van der Waals surface area (Å²) in [6, 6.07) is 4.43. The summed E-state index contributed by atoms with van der Waals surface area (Å²) >= 11 is 0. The average Bonchev–Trinajstić information content (AvgIpc) is 2.97. The SMILES string of the molecule is COc1ccc([C@@]2(C)NC(=O)N(CC(=O)NCCC3=CCCCC3)C2=O)cc1OC. The Hall–Kier alpha value is -3.03. The van der Waals surface area contributed by atoms with Crippen molar-refractivity contribution in [2.75, 3.05) is 27.3 Å². The van der Waals surface area contributed by atoms with Crippen LogP contribution >= 0.6 is 0 Å². The van der Waals surface area contributed by atoms with Gasteiger partial charge in [0.25, 0.3) is 5.91 Å². The van der Waals surface area contributed by atoms with Crippen LogP contribution in [-0.2, 0) is 15.1 Å². The van der Waals surface area contributed by atoms with Crippen molar-refractivity contribution in [2.24, 2.45) is 0 Å². The first-order valence-electron chi connectivity index (χ1n) is 10.2. The minimum Gasteiger partial charge on any atom is -0.493 e. The molecule has 0 aromatic heterocycles. The van der Waals surface area contributed by atoms with Crippen molar-refractivity contribution in [3.63, 3.8) is 0 Å². The Kier molecular flexibility index (Phi) is 6.64. The molecule has 8 heteroatoms. The van der Waals surface area contributed by atoms with E-state index in [1.807, 2.05) is 0 Å². The van der Waals surface area contributed by atoms with Gasteiger partial charge in [-0.15, -0.1) is 0 Å². The van der Waals surface area contributed by atoms with E-state index in [0.717, 1.165) is 24.2 Å². The van der Waals surface area contributed by atoms with Crippen LogP contribution < -0.4 is 20.1 Å². The number of carbonyl (C=O) groups excluding carboxylic acids is 3. The molecule has 1 aromatic rings. The molecule has 1 aliphatic heterocycles. The third kappa shape index (κ3) is 4.42. The van der Waals surface area contributed by atoms with Gasteiger partial charge in [-0.05, 0) is 56.7 Å². The molecule has 2 aliphatic rings. The van der Waals surface area contributed by atoms with Gasteiger partial charge in [-0.25, -0.2) is 4.79 Å². The smallest absolute Gasteiger partial charge is 0.325 e. The molecule has 1 saturated heterocycles. The Morgan fingerprint density at radius 3 is 2.63 bits per heavy atom. The molecule has 0 spiro atoms. The molecule has 8 nitrogen and oxygen atoms in total. The van der Waals surface area contributed by atoms with Gasteiger partial charge in [0.15, 0.2) is 11.5 Å². The monoisotopic (exact) mass is 415 g/mol. The molecule has 3 rings (SSSR count). The lowest BCUT2D eigenvalue weighted by Crippen LogP contribution is -2.43. The van der Waals surface area contributed by atoms with Crippen LogP contribution in [0, 0.1) is 0 Å². The van der Waals surface area contributed by atoms with E-state index < -0.39 is 17.5 Å². The number of nitrogens with one attached hydrogen (secondary N) is 2. The van der Waals surface area contributed by atoms with E-state index in [1.165, 1.54) is 32.6 Å². The number of ether oxygens (including phenoxy) is 2. The van der Waals surface area contributed by atoms with Gasteiger partial charge in [0.1, 0.15) is 12.1 Å². The largest absolute Gasteiger partial charge is 0.493 e. The van der Waals surface area contributed by atoms with Crippen LogP contribution in [0.15, 0.2) is 29.8 Å². The molecule has 162 valence electrons. The highest BCUT2D eigenvalue weighted by Crippen LogP contribution is 2.35. The predicted molar refractivity (Wildman–Crippen MR) is 111 cm³/mol. The maximum atomic E-state index is 13.0. The lowest BCUT2D eigenvalue weighted by Gasteiger charge is -2.23. The molecule has 30 heavy (non-hydrogen) atoms. The van der Waals surface area contributed by atoms with E-state index in [2.05, 4.69) is 16.7 Å². The molecule has 1 atom stereocenters. The van der Waals surface area contributed by atoms with E-state index in [9.17, 15) is 14.4 Å². The number of allylic oxidation sites excluding steroid dienone is 1. The Labute approximate surface area is 176 Å². The van der Waals surface area contributed by atoms with Gasteiger partial charge in [-0.3, -0.25) is 14.5 Å². The lowest BCUT2D eigenvalue weighted by atomic mass is 9.91. The predicted octanol–water partition coefficient (Wildman–Crippen LogP) is 2.48. The molecule has 1 aliphatic carbocycles. The summed E-state index contributed by atoms with van der Waals surface area (Å²) in [7, 11) is 3.02. The molecule has 4 amide bonds. The zero-order chi connectivity index (χ0) is 21.7. The summed E-state index contributed by atoms with van der Waals surface area (Å²) in [4.78, 5) is 38.8. The fourth-order valence-electron chi connectivity index (χ4n) is 3.88. The molecule has 0 unspecified atom stereocenters. The number of amides is 4. The van der Waals surface area contributed by atoms with Crippen LogP contribution in [0.5, 0.6) is 11.5 Å². The summed E-state index contributed by atoms with van der Waals surface area (Å²) in [6.07, 6.45) is 7.63. The second kappa shape index (κ2) is 9.19. The maximum Gasteiger partial charge on any atom is 0.325 e. The molecule has 0 radical (unpaired) electrons. The Bertz CT molecular complexity index is 866. The molecular weight excluding hydrogens is 386 g/mol. The average molecular weight is 415 g/mol.